The number of ether oxygens (including phenoxy) is 1. The van der Waals surface area contributed by atoms with Crippen LogP contribution in [-0.2, 0) is 9.53 Å². The molecule has 0 bridgehead atoms. The van der Waals surface area contributed by atoms with E-state index in [-0.39, 0.29) is 13.0 Å². The van der Waals surface area contributed by atoms with E-state index in [4.69, 9.17) is 9.84 Å². The third kappa shape index (κ3) is 6.87. The Bertz CT molecular complexity index is 550. The molecule has 2 amide bonds. The van der Waals surface area contributed by atoms with E-state index in [9.17, 15) is 9.59 Å². The third-order valence-electron chi connectivity index (χ3n) is 3.08. The number of benzene rings is 1. The zero-order valence-corrected chi connectivity index (χ0v) is 14.9. The smallest absolute Gasteiger partial charge is 0.408 e. The molecule has 0 spiro atoms. The van der Waals surface area contributed by atoms with Crippen molar-refractivity contribution in [3.63, 3.8) is 0 Å². The van der Waals surface area contributed by atoms with Crippen molar-refractivity contribution < 1.29 is 19.4 Å². The molecule has 7 heteroatoms. The van der Waals surface area contributed by atoms with Crippen LogP contribution in [-0.4, -0.2) is 49.5 Å². The van der Waals surface area contributed by atoms with Crippen molar-refractivity contribution in [3.05, 3.63) is 24.3 Å². The molecule has 0 saturated carbocycles. The number of aliphatic hydroxyl groups is 1. The first-order valence-corrected chi connectivity index (χ1v) is 7.81. The van der Waals surface area contributed by atoms with E-state index < -0.39 is 23.6 Å². The summed E-state index contributed by atoms with van der Waals surface area (Å²) in [6, 6.07) is 6.42. The molecule has 0 aliphatic rings. The van der Waals surface area contributed by atoms with Gasteiger partial charge in [-0.3, -0.25) is 4.79 Å². The highest BCUT2D eigenvalue weighted by Crippen LogP contribution is 2.16. The fourth-order valence-electron chi connectivity index (χ4n) is 1.92. The second-order valence-electron chi connectivity index (χ2n) is 6.64. The molecule has 0 saturated heterocycles. The summed E-state index contributed by atoms with van der Waals surface area (Å²) in [7, 11) is 3.85. The van der Waals surface area contributed by atoms with Gasteiger partial charge in [0, 0.05) is 32.1 Å². The minimum Gasteiger partial charge on any atom is -0.444 e. The van der Waals surface area contributed by atoms with Crippen molar-refractivity contribution in [2.45, 2.75) is 38.8 Å². The van der Waals surface area contributed by atoms with Crippen LogP contribution in [0.5, 0.6) is 0 Å². The predicted octanol–water partition coefficient (Wildman–Crippen LogP) is 1.97. The molecule has 134 valence electrons. The van der Waals surface area contributed by atoms with Crippen molar-refractivity contribution in [1.29, 1.82) is 0 Å². The molecule has 0 aliphatic carbocycles. The van der Waals surface area contributed by atoms with Gasteiger partial charge in [-0.15, -0.1) is 0 Å². The molecule has 7 nitrogen and oxygen atoms in total. The normalized spacial score (nSPS) is 12.2. The number of amides is 2. The third-order valence-corrected chi connectivity index (χ3v) is 3.08. The maximum Gasteiger partial charge on any atom is 0.408 e. The van der Waals surface area contributed by atoms with Gasteiger partial charge in [-0.05, 0) is 51.5 Å². The first-order valence-electron chi connectivity index (χ1n) is 7.81. The van der Waals surface area contributed by atoms with E-state index in [1.807, 2.05) is 31.1 Å². The lowest BCUT2D eigenvalue weighted by Gasteiger charge is -2.23. The quantitative estimate of drug-likeness (QED) is 0.738. The number of hydrogen-bond donors (Lipinski definition) is 3. The van der Waals surface area contributed by atoms with Crippen LogP contribution in [0.2, 0.25) is 0 Å². The van der Waals surface area contributed by atoms with Crippen molar-refractivity contribution in [2.75, 3.05) is 30.9 Å². The van der Waals surface area contributed by atoms with Gasteiger partial charge < -0.3 is 25.4 Å². The minimum atomic E-state index is -0.877. The van der Waals surface area contributed by atoms with E-state index >= 15 is 0 Å². The van der Waals surface area contributed by atoms with E-state index in [0.717, 1.165) is 5.69 Å². The van der Waals surface area contributed by atoms with Gasteiger partial charge in [-0.1, -0.05) is 0 Å². The summed E-state index contributed by atoms with van der Waals surface area (Å²) in [6.07, 6.45) is -0.597. The van der Waals surface area contributed by atoms with E-state index in [1.165, 1.54) is 0 Å². The van der Waals surface area contributed by atoms with Crippen molar-refractivity contribution in [2.24, 2.45) is 0 Å². The Balaban J connectivity index is 2.70. The fourth-order valence-corrected chi connectivity index (χ4v) is 1.92. The molecule has 0 radical (unpaired) electrons. The Hall–Kier alpha value is -2.28. The number of carbonyl (C=O) groups is 2. The lowest BCUT2D eigenvalue weighted by molar-refractivity contribution is -0.118. The summed E-state index contributed by atoms with van der Waals surface area (Å²) in [5.74, 6) is -0.410. The standard InChI is InChI=1S/C17H27N3O4/c1-17(2,3)24-16(23)19-14(10-11-21)15(22)18-12-6-8-13(9-7-12)20(4)5/h6-9,14,21H,10-11H2,1-5H3,(H,18,22)(H,19,23)/t14-/m0/s1. The number of nitrogens with one attached hydrogen (secondary N) is 2. The highest BCUT2D eigenvalue weighted by atomic mass is 16.6. The Kier molecular flexibility index (Phi) is 7.03. The van der Waals surface area contributed by atoms with Crippen molar-refractivity contribution >= 4 is 23.4 Å². The summed E-state index contributed by atoms with van der Waals surface area (Å²) >= 11 is 0. The van der Waals surface area contributed by atoms with Crippen LogP contribution < -0.4 is 15.5 Å². The van der Waals surface area contributed by atoms with Crippen LogP contribution >= 0.6 is 0 Å². The summed E-state index contributed by atoms with van der Waals surface area (Å²) in [4.78, 5) is 26.1. The maximum absolute atomic E-state index is 12.3. The van der Waals surface area contributed by atoms with Crippen LogP contribution in [0.25, 0.3) is 0 Å². The second-order valence-corrected chi connectivity index (χ2v) is 6.64. The Morgan fingerprint density at radius 3 is 2.25 bits per heavy atom. The summed E-state index contributed by atoms with van der Waals surface area (Å²) in [5.41, 5.74) is 0.957. The van der Waals surface area contributed by atoms with Gasteiger partial charge in [-0.25, -0.2) is 4.79 Å². The predicted molar refractivity (Wildman–Crippen MR) is 94.3 cm³/mol. The van der Waals surface area contributed by atoms with Gasteiger partial charge in [0.15, 0.2) is 0 Å². The molecular weight excluding hydrogens is 310 g/mol. The molecule has 3 N–H and O–H groups in total. The maximum atomic E-state index is 12.3. The molecule has 0 unspecified atom stereocenters. The summed E-state index contributed by atoms with van der Waals surface area (Å²) in [6.45, 7) is 4.98. The van der Waals surface area contributed by atoms with E-state index in [2.05, 4.69) is 10.6 Å². The molecule has 24 heavy (non-hydrogen) atoms. The molecule has 1 aromatic rings. The number of hydrogen-bond acceptors (Lipinski definition) is 5. The highest BCUT2D eigenvalue weighted by Gasteiger charge is 2.24. The van der Waals surface area contributed by atoms with Crippen LogP contribution in [0.3, 0.4) is 0 Å². The number of anilines is 2. The second kappa shape index (κ2) is 8.54. The van der Waals surface area contributed by atoms with Gasteiger partial charge in [0.2, 0.25) is 5.91 Å². The van der Waals surface area contributed by atoms with Gasteiger partial charge in [-0.2, -0.15) is 0 Å². The number of alkyl carbamates (subject to hydrolysis) is 1. The monoisotopic (exact) mass is 337 g/mol. The zero-order chi connectivity index (χ0) is 18.3. The molecule has 1 aromatic carbocycles. The molecule has 0 aromatic heterocycles. The van der Waals surface area contributed by atoms with Crippen LogP contribution in [0.15, 0.2) is 24.3 Å². The van der Waals surface area contributed by atoms with Crippen molar-refractivity contribution in [1.82, 2.24) is 5.32 Å². The fraction of sp³-hybridized carbons (Fsp3) is 0.529. The number of aliphatic hydroxyl groups excluding tert-OH is 1. The van der Waals surface area contributed by atoms with Crippen LogP contribution in [0.1, 0.15) is 27.2 Å². The molecule has 0 aliphatic heterocycles. The average Bonchev–Trinajstić information content (AvgIpc) is 2.45. The lowest BCUT2D eigenvalue weighted by atomic mass is 10.2. The molecule has 1 rings (SSSR count). The Labute approximate surface area is 143 Å². The topological polar surface area (TPSA) is 90.9 Å². The van der Waals surface area contributed by atoms with Crippen molar-refractivity contribution in [3.8, 4) is 0 Å². The van der Waals surface area contributed by atoms with Gasteiger partial charge in [0.1, 0.15) is 11.6 Å². The minimum absolute atomic E-state index is 0.0981. The zero-order valence-electron chi connectivity index (χ0n) is 14.9. The average molecular weight is 337 g/mol. The molecule has 1 atom stereocenters. The molecular formula is C17H27N3O4. The lowest BCUT2D eigenvalue weighted by Crippen LogP contribution is -2.46. The van der Waals surface area contributed by atoms with Crippen LogP contribution in [0, 0.1) is 0 Å². The Morgan fingerprint density at radius 1 is 1.21 bits per heavy atom. The number of nitrogens with zero attached hydrogens (tertiary/aromatic N) is 1. The molecule has 0 fully saturated rings. The van der Waals surface area contributed by atoms with Gasteiger partial charge >= 0.3 is 6.09 Å². The largest absolute Gasteiger partial charge is 0.444 e. The van der Waals surface area contributed by atoms with Gasteiger partial charge in [0.05, 0.1) is 0 Å². The van der Waals surface area contributed by atoms with Crippen LogP contribution in [0.4, 0.5) is 16.2 Å². The summed E-state index contributed by atoms with van der Waals surface area (Å²) in [5, 5.41) is 14.3. The first-order chi connectivity index (χ1) is 11.1. The number of rotatable bonds is 6. The Morgan fingerprint density at radius 2 is 1.79 bits per heavy atom. The number of carbonyl (C=O) groups excluding carboxylic acids is 2. The molecule has 0 heterocycles. The van der Waals surface area contributed by atoms with E-state index in [0.29, 0.717) is 5.69 Å². The first kappa shape index (κ1) is 19.8. The highest BCUT2D eigenvalue weighted by molar-refractivity contribution is 5.96. The van der Waals surface area contributed by atoms with E-state index in [1.54, 1.807) is 32.9 Å². The SMILES string of the molecule is CN(C)c1ccc(NC(=O)[C@H](CCO)NC(=O)OC(C)(C)C)cc1. The summed E-state index contributed by atoms with van der Waals surface area (Å²) < 4.78 is 5.14. The van der Waals surface area contributed by atoms with Gasteiger partial charge in [0.25, 0.3) is 0 Å².